The Bertz CT molecular complexity index is 1150. The number of carbonyl (C=O) groups excluding carboxylic acids is 1. The number of halogens is 2. The van der Waals surface area contributed by atoms with E-state index in [0.717, 1.165) is 5.56 Å². The molecule has 0 radical (unpaired) electrons. The fraction of sp³-hybridized carbons (Fsp3) is 0.0833. The van der Waals surface area contributed by atoms with Crippen molar-refractivity contribution < 1.29 is 13.9 Å². The van der Waals surface area contributed by atoms with Gasteiger partial charge in [-0.1, -0.05) is 54.1 Å². The standard InChI is InChI=1S/C24H18ClFN2O2/c1-16-10-11-20(13-21(16)25)28-24(29)19(14-27)12-17-6-3-5-9-23(17)30-15-18-7-2-4-8-22(18)26/h2-13H,15H2,1H3,(H,28,29)/b19-12-. The SMILES string of the molecule is Cc1ccc(NC(=O)/C(C#N)=C\c2ccccc2OCc2ccccc2F)cc1Cl. The number of hydrogen-bond donors (Lipinski definition) is 1. The zero-order valence-corrected chi connectivity index (χ0v) is 16.9. The van der Waals surface area contributed by atoms with Crippen molar-refractivity contribution >= 4 is 29.3 Å². The van der Waals surface area contributed by atoms with Crippen LogP contribution < -0.4 is 10.1 Å². The molecule has 0 fully saturated rings. The van der Waals surface area contributed by atoms with E-state index in [1.807, 2.05) is 13.0 Å². The molecule has 1 N–H and O–H groups in total. The summed E-state index contributed by atoms with van der Waals surface area (Å²) < 4.78 is 19.6. The van der Waals surface area contributed by atoms with E-state index in [0.29, 0.717) is 27.6 Å². The zero-order chi connectivity index (χ0) is 21.5. The molecule has 0 bridgehead atoms. The van der Waals surface area contributed by atoms with Crippen molar-refractivity contribution in [3.05, 3.63) is 99.8 Å². The third kappa shape index (κ3) is 5.25. The summed E-state index contributed by atoms with van der Waals surface area (Å²) in [6, 6.07) is 20.3. The van der Waals surface area contributed by atoms with Gasteiger partial charge in [-0.3, -0.25) is 4.79 Å². The van der Waals surface area contributed by atoms with E-state index in [2.05, 4.69) is 5.32 Å². The highest BCUT2D eigenvalue weighted by Crippen LogP contribution is 2.24. The van der Waals surface area contributed by atoms with E-state index in [4.69, 9.17) is 16.3 Å². The Kier molecular flexibility index (Phi) is 6.84. The van der Waals surface area contributed by atoms with Gasteiger partial charge in [0.25, 0.3) is 5.91 Å². The van der Waals surface area contributed by atoms with E-state index >= 15 is 0 Å². The second kappa shape index (κ2) is 9.73. The average Bonchev–Trinajstić information content (AvgIpc) is 2.74. The number of aryl methyl sites for hydroxylation is 1. The molecule has 0 aliphatic rings. The molecule has 0 saturated heterocycles. The number of hydrogen-bond acceptors (Lipinski definition) is 3. The molecule has 0 unspecified atom stereocenters. The third-order valence-electron chi connectivity index (χ3n) is 4.35. The summed E-state index contributed by atoms with van der Waals surface area (Å²) in [6.07, 6.45) is 1.43. The summed E-state index contributed by atoms with van der Waals surface area (Å²) in [4.78, 5) is 12.5. The molecule has 6 heteroatoms. The first-order valence-corrected chi connectivity index (χ1v) is 9.50. The number of nitriles is 1. The normalized spacial score (nSPS) is 10.9. The van der Waals surface area contributed by atoms with E-state index in [1.165, 1.54) is 12.1 Å². The van der Waals surface area contributed by atoms with Crippen molar-refractivity contribution in [2.24, 2.45) is 0 Å². The Morgan fingerprint density at radius 1 is 1.17 bits per heavy atom. The van der Waals surface area contributed by atoms with Gasteiger partial charge in [0.2, 0.25) is 0 Å². The molecule has 150 valence electrons. The van der Waals surface area contributed by atoms with Crippen molar-refractivity contribution in [2.75, 3.05) is 5.32 Å². The Balaban J connectivity index is 1.80. The van der Waals surface area contributed by atoms with Crippen LogP contribution >= 0.6 is 11.6 Å². The third-order valence-corrected chi connectivity index (χ3v) is 4.76. The van der Waals surface area contributed by atoms with Crippen LogP contribution in [0.4, 0.5) is 10.1 Å². The molecule has 0 atom stereocenters. The van der Waals surface area contributed by atoms with Gasteiger partial charge in [-0.05, 0) is 42.8 Å². The maximum Gasteiger partial charge on any atom is 0.266 e. The van der Waals surface area contributed by atoms with Gasteiger partial charge in [-0.15, -0.1) is 0 Å². The lowest BCUT2D eigenvalue weighted by Crippen LogP contribution is -2.13. The molecule has 1 amide bonds. The molecule has 0 heterocycles. The molecule has 0 aliphatic heterocycles. The van der Waals surface area contributed by atoms with Crippen LogP contribution in [0.5, 0.6) is 5.75 Å². The van der Waals surface area contributed by atoms with E-state index in [-0.39, 0.29) is 18.0 Å². The summed E-state index contributed by atoms with van der Waals surface area (Å²) in [6.45, 7) is 1.88. The smallest absolute Gasteiger partial charge is 0.266 e. The maximum atomic E-state index is 13.8. The number of carbonyl (C=O) groups is 1. The van der Waals surface area contributed by atoms with Crippen molar-refractivity contribution in [2.45, 2.75) is 13.5 Å². The summed E-state index contributed by atoms with van der Waals surface area (Å²) in [5, 5.41) is 12.7. The Hall–Kier alpha value is -3.62. The molecular formula is C24H18ClFN2O2. The summed E-state index contributed by atoms with van der Waals surface area (Å²) in [5.74, 6) is -0.500. The van der Waals surface area contributed by atoms with Crippen LogP contribution in [0.2, 0.25) is 5.02 Å². The van der Waals surface area contributed by atoms with E-state index in [1.54, 1.807) is 60.7 Å². The highest BCUT2D eigenvalue weighted by molar-refractivity contribution is 6.31. The number of amides is 1. The molecule has 0 saturated carbocycles. The van der Waals surface area contributed by atoms with Crippen LogP contribution in [-0.2, 0) is 11.4 Å². The molecule has 0 aliphatic carbocycles. The lowest BCUT2D eigenvalue weighted by molar-refractivity contribution is -0.112. The van der Waals surface area contributed by atoms with Gasteiger partial charge in [0, 0.05) is 21.8 Å². The van der Waals surface area contributed by atoms with Gasteiger partial charge < -0.3 is 10.1 Å². The monoisotopic (exact) mass is 420 g/mol. The zero-order valence-electron chi connectivity index (χ0n) is 16.2. The van der Waals surface area contributed by atoms with Gasteiger partial charge in [0.1, 0.15) is 29.8 Å². The highest BCUT2D eigenvalue weighted by atomic mass is 35.5. The largest absolute Gasteiger partial charge is 0.488 e. The minimum atomic E-state index is -0.568. The van der Waals surface area contributed by atoms with Crippen LogP contribution in [0.25, 0.3) is 6.08 Å². The Morgan fingerprint density at radius 3 is 2.63 bits per heavy atom. The van der Waals surface area contributed by atoms with Crippen molar-refractivity contribution in [1.29, 1.82) is 5.26 Å². The number of anilines is 1. The predicted molar refractivity (Wildman–Crippen MR) is 116 cm³/mol. The second-order valence-electron chi connectivity index (χ2n) is 6.51. The van der Waals surface area contributed by atoms with Crippen LogP contribution in [-0.4, -0.2) is 5.91 Å². The molecular weight excluding hydrogens is 403 g/mol. The number of rotatable bonds is 6. The van der Waals surface area contributed by atoms with Crippen LogP contribution in [0.3, 0.4) is 0 Å². The maximum absolute atomic E-state index is 13.8. The van der Waals surface area contributed by atoms with Crippen LogP contribution in [0.1, 0.15) is 16.7 Å². The Labute approximate surface area is 179 Å². The van der Waals surface area contributed by atoms with E-state index < -0.39 is 5.91 Å². The first-order valence-electron chi connectivity index (χ1n) is 9.12. The second-order valence-corrected chi connectivity index (χ2v) is 6.91. The number of nitrogens with zero attached hydrogens (tertiary/aromatic N) is 1. The van der Waals surface area contributed by atoms with Gasteiger partial charge in [0.05, 0.1) is 0 Å². The molecule has 3 aromatic rings. The number of para-hydroxylation sites is 1. The fourth-order valence-electron chi connectivity index (χ4n) is 2.68. The van der Waals surface area contributed by atoms with Gasteiger partial charge >= 0.3 is 0 Å². The van der Waals surface area contributed by atoms with E-state index in [9.17, 15) is 14.4 Å². The average molecular weight is 421 g/mol. The summed E-state index contributed by atoms with van der Waals surface area (Å²) in [5.41, 5.74) is 2.20. The van der Waals surface area contributed by atoms with Crippen molar-refractivity contribution in [3.8, 4) is 11.8 Å². The molecule has 30 heavy (non-hydrogen) atoms. The number of benzene rings is 3. The predicted octanol–water partition coefficient (Wildman–Crippen LogP) is 5.91. The van der Waals surface area contributed by atoms with Crippen LogP contribution in [0, 0.1) is 24.1 Å². The molecule has 3 aromatic carbocycles. The summed E-state index contributed by atoms with van der Waals surface area (Å²) in [7, 11) is 0. The lowest BCUT2D eigenvalue weighted by Gasteiger charge is -2.10. The number of ether oxygens (including phenoxy) is 1. The Morgan fingerprint density at radius 2 is 1.90 bits per heavy atom. The van der Waals surface area contributed by atoms with Crippen molar-refractivity contribution in [1.82, 2.24) is 0 Å². The van der Waals surface area contributed by atoms with Gasteiger partial charge in [-0.25, -0.2) is 4.39 Å². The van der Waals surface area contributed by atoms with Crippen LogP contribution in [0.15, 0.2) is 72.3 Å². The van der Waals surface area contributed by atoms with Crippen molar-refractivity contribution in [3.63, 3.8) is 0 Å². The topological polar surface area (TPSA) is 62.1 Å². The quantitative estimate of drug-likeness (QED) is 0.398. The van der Waals surface area contributed by atoms with Gasteiger partial charge in [-0.2, -0.15) is 5.26 Å². The fourth-order valence-corrected chi connectivity index (χ4v) is 2.86. The molecule has 4 nitrogen and oxygen atoms in total. The first-order chi connectivity index (χ1) is 14.5. The summed E-state index contributed by atoms with van der Waals surface area (Å²) >= 11 is 6.08. The minimum absolute atomic E-state index is 0.0213. The molecule has 0 aromatic heterocycles. The van der Waals surface area contributed by atoms with Gasteiger partial charge in [0.15, 0.2) is 0 Å². The molecule has 0 spiro atoms. The minimum Gasteiger partial charge on any atom is -0.488 e. The highest BCUT2D eigenvalue weighted by Gasteiger charge is 2.12. The first kappa shape index (κ1) is 21.1. The molecule has 3 rings (SSSR count). The lowest BCUT2D eigenvalue weighted by atomic mass is 10.1. The number of nitrogens with one attached hydrogen (secondary N) is 1.